The van der Waals surface area contributed by atoms with Gasteiger partial charge in [0.2, 0.25) is 0 Å². The molecule has 0 atom stereocenters. The van der Waals surface area contributed by atoms with E-state index in [1.54, 1.807) is 24.2 Å². The average molecular weight is 217 g/mol. The number of nitrogen functional groups attached to an aromatic ring is 1. The Balaban J connectivity index is 2.26. The Bertz CT molecular complexity index is 471. The third-order valence-electron chi connectivity index (χ3n) is 1.88. The zero-order valence-corrected chi connectivity index (χ0v) is 9.16. The number of hydrogen-bond donors (Lipinski definition) is 1. The SMILES string of the molecule is Cc1cc(Sc2ncccc2N)ccn1. The zero-order valence-electron chi connectivity index (χ0n) is 8.34. The van der Waals surface area contributed by atoms with Crippen LogP contribution in [0.15, 0.2) is 46.6 Å². The predicted octanol–water partition coefficient (Wildman–Crippen LogP) is 2.52. The van der Waals surface area contributed by atoms with Gasteiger partial charge in [0.05, 0.1) is 5.69 Å². The predicted molar refractivity (Wildman–Crippen MR) is 61.7 cm³/mol. The van der Waals surface area contributed by atoms with Crippen molar-refractivity contribution in [2.75, 3.05) is 5.73 Å². The van der Waals surface area contributed by atoms with Crippen LogP contribution in [0.1, 0.15) is 5.69 Å². The van der Waals surface area contributed by atoms with Crippen molar-refractivity contribution in [2.45, 2.75) is 16.8 Å². The molecule has 0 radical (unpaired) electrons. The summed E-state index contributed by atoms with van der Waals surface area (Å²) in [5.41, 5.74) is 7.51. The average Bonchev–Trinajstić information content (AvgIpc) is 2.22. The summed E-state index contributed by atoms with van der Waals surface area (Å²) in [6.07, 6.45) is 3.53. The van der Waals surface area contributed by atoms with Gasteiger partial charge in [-0.1, -0.05) is 11.8 Å². The molecule has 0 aliphatic heterocycles. The van der Waals surface area contributed by atoms with Gasteiger partial charge in [0.25, 0.3) is 0 Å². The lowest BCUT2D eigenvalue weighted by molar-refractivity contribution is 1.12. The molecular formula is C11H11N3S. The number of anilines is 1. The minimum atomic E-state index is 0.706. The topological polar surface area (TPSA) is 51.8 Å². The molecular weight excluding hydrogens is 206 g/mol. The molecule has 0 amide bonds. The summed E-state index contributed by atoms with van der Waals surface area (Å²) >= 11 is 1.55. The number of pyridine rings is 2. The molecule has 2 N–H and O–H groups in total. The highest BCUT2D eigenvalue weighted by molar-refractivity contribution is 7.99. The Morgan fingerprint density at radius 2 is 2.07 bits per heavy atom. The maximum atomic E-state index is 5.81. The number of rotatable bonds is 2. The first-order valence-corrected chi connectivity index (χ1v) is 5.38. The van der Waals surface area contributed by atoms with Crippen molar-refractivity contribution >= 4 is 17.4 Å². The van der Waals surface area contributed by atoms with E-state index in [-0.39, 0.29) is 0 Å². The van der Waals surface area contributed by atoms with E-state index >= 15 is 0 Å². The van der Waals surface area contributed by atoms with Crippen molar-refractivity contribution in [1.29, 1.82) is 0 Å². The first kappa shape index (κ1) is 9.98. The molecule has 0 bridgehead atoms. The number of hydrogen-bond acceptors (Lipinski definition) is 4. The van der Waals surface area contributed by atoms with Gasteiger partial charge in [0.1, 0.15) is 5.03 Å². The number of aryl methyl sites for hydroxylation is 1. The van der Waals surface area contributed by atoms with Crippen LogP contribution in [0.5, 0.6) is 0 Å². The van der Waals surface area contributed by atoms with Crippen molar-refractivity contribution in [3.05, 3.63) is 42.4 Å². The minimum Gasteiger partial charge on any atom is -0.397 e. The first-order valence-electron chi connectivity index (χ1n) is 4.57. The first-order chi connectivity index (χ1) is 7.25. The molecule has 2 heterocycles. The van der Waals surface area contributed by atoms with Crippen LogP contribution in [0.2, 0.25) is 0 Å². The summed E-state index contributed by atoms with van der Waals surface area (Å²) in [7, 11) is 0. The van der Waals surface area contributed by atoms with Crippen LogP contribution in [0, 0.1) is 6.92 Å². The second-order valence-electron chi connectivity index (χ2n) is 3.13. The monoisotopic (exact) mass is 217 g/mol. The molecule has 0 aromatic carbocycles. The Labute approximate surface area is 92.8 Å². The van der Waals surface area contributed by atoms with E-state index in [0.29, 0.717) is 5.69 Å². The summed E-state index contributed by atoms with van der Waals surface area (Å²) in [5.74, 6) is 0. The van der Waals surface area contributed by atoms with Gasteiger partial charge < -0.3 is 5.73 Å². The van der Waals surface area contributed by atoms with Gasteiger partial charge in [-0.3, -0.25) is 4.98 Å². The highest BCUT2D eigenvalue weighted by atomic mass is 32.2. The van der Waals surface area contributed by atoms with Crippen molar-refractivity contribution in [1.82, 2.24) is 9.97 Å². The number of aromatic nitrogens is 2. The second-order valence-corrected chi connectivity index (χ2v) is 4.19. The summed E-state index contributed by atoms with van der Waals surface area (Å²) in [6.45, 7) is 1.96. The van der Waals surface area contributed by atoms with Gasteiger partial charge in [0, 0.05) is 23.0 Å². The molecule has 2 aromatic heterocycles. The molecule has 0 saturated carbocycles. The molecule has 0 unspecified atom stereocenters. The summed E-state index contributed by atoms with van der Waals surface area (Å²) in [5, 5.41) is 0.836. The number of nitrogens with zero attached hydrogens (tertiary/aromatic N) is 2. The van der Waals surface area contributed by atoms with E-state index in [9.17, 15) is 0 Å². The smallest absolute Gasteiger partial charge is 0.124 e. The van der Waals surface area contributed by atoms with E-state index < -0.39 is 0 Å². The molecule has 0 aliphatic rings. The van der Waals surface area contributed by atoms with Gasteiger partial charge in [-0.15, -0.1) is 0 Å². The van der Waals surface area contributed by atoms with Crippen molar-refractivity contribution in [3.63, 3.8) is 0 Å². The van der Waals surface area contributed by atoms with Crippen LogP contribution in [-0.4, -0.2) is 9.97 Å². The fourth-order valence-electron chi connectivity index (χ4n) is 1.18. The number of nitrogens with two attached hydrogens (primary N) is 1. The molecule has 76 valence electrons. The third-order valence-corrected chi connectivity index (χ3v) is 2.91. The van der Waals surface area contributed by atoms with E-state index in [4.69, 9.17) is 5.73 Å². The zero-order chi connectivity index (χ0) is 10.7. The lowest BCUT2D eigenvalue weighted by Gasteiger charge is -2.03. The fraction of sp³-hybridized carbons (Fsp3) is 0.0909. The Morgan fingerprint density at radius 3 is 2.80 bits per heavy atom. The Morgan fingerprint density at radius 1 is 1.20 bits per heavy atom. The fourth-order valence-corrected chi connectivity index (χ4v) is 2.06. The lowest BCUT2D eigenvalue weighted by Crippen LogP contribution is -1.90. The van der Waals surface area contributed by atoms with Crippen LogP contribution in [0.3, 0.4) is 0 Å². The molecule has 2 rings (SSSR count). The molecule has 0 saturated heterocycles. The molecule has 0 aliphatic carbocycles. The van der Waals surface area contributed by atoms with E-state index in [1.807, 2.05) is 31.2 Å². The summed E-state index contributed by atoms with van der Waals surface area (Å²) in [6, 6.07) is 7.64. The maximum absolute atomic E-state index is 5.81. The standard InChI is InChI=1S/C11H11N3S/c1-8-7-9(4-6-13-8)15-11-10(12)3-2-5-14-11/h2-7H,12H2,1H3. The van der Waals surface area contributed by atoms with Crippen molar-refractivity contribution in [2.24, 2.45) is 0 Å². The van der Waals surface area contributed by atoms with Gasteiger partial charge in [-0.05, 0) is 31.2 Å². The highest BCUT2D eigenvalue weighted by Crippen LogP contribution is 2.29. The largest absolute Gasteiger partial charge is 0.397 e. The Kier molecular flexibility index (Phi) is 2.87. The van der Waals surface area contributed by atoms with Crippen molar-refractivity contribution < 1.29 is 0 Å². The molecule has 15 heavy (non-hydrogen) atoms. The third kappa shape index (κ3) is 2.47. The van der Waals surface area contributed by atoms with Gasteiger partial charge >= 0.3 is 0 Å². The van der Waals surface area contributed by atoms with E-state index in [2.05, 4.69) is 9.97 Å². The van der Waals surface area contributed by atoms with Crippen LogP contribution < -0.4 is 5.73 Å². The van der Waals surface area contributed by atoms with Gasteiger partial charge in [0.15, 0.2) is 0 Å². The normalized spacial score (nSPS) is 10.2. The highest BCUT2D eigenvalue weighted by Gasteiger charge is 2.02. The summed E-state index contributed by atoms with van der Waals surface area (Å²) in [4.78, 5) is 9.46. The second kappa shape index (κ2) is 4.31. The molecule has 3 nitrogen and oxygen atoms in total. The van der Waals surface area contributed by atoms with Gasteiger partial charge in [-0.25, -0.2) is 4.98 Å². The van der Waals surface area contributed by atoms with E-state index in [1.165, 1.54) is 0 Å². The Hall–Kier alpha value is -1.55. The minimum absolute atomic E-state index is 0.706. The summed E-state index contributed by atoms with van der Waals surface area (Å²) < 4.78 is 0. The molecule has 0 spiro atoms. The van der Waals surface area contributed by atoms with Crippen LogP contribution in [0.4, 0.5) is 5.69 Å². The molecule has 4 heteroatoms. The maximum Gasteiger partial charge on any atom is 0.124 e. The van der Waals surface area contributed by atoms with Crippen LogP contribution in [-0.2, 0) is 0 Å². The van der Waals surface area contributed by atoms with Crippen LogP contribution >= 0.6 is 11.8 Å². The van der Waals surface area contributed by atoms with Crippen LogP contribution in [0.25, 0.3) is 0 Å². The van der Waals surface area contributed by atoms with E-state index in [0.717, 1.165) is 15.6 Å². The van der Waals surface area contributed by atoms with Gasteiger partial charge in [-0.2, -0.15) is 0 Å². The lowest BCUT2D eigenvalue weighted by atomic mass is 10.4. The molecule has 0 fully saturated rings. The molecule has 2 aromatic rings. The van der Waals surface area contributed by atoms with Crippen molar-refractivity contribution in [3.8, 4) is 0 Å². The quantitative estimate of drug-likeness (QED) is 0.839.